The van der Waals surface area contributed by atoms with Gasteiger partial charge in [0.25, 0.3) is 0 Å². The summed E-state index contributed by atoms with van der Waals surface area (Å²) in [4.78, 5) is 13.8. The van der Waals surface area contributed by atoms with Crippen molar-refractivity contribution in [2.45, 2.75) is 19.9 Å². The van der Waals surface area contributed by atoms with Crippen molar-refractivity contribution in [3.63, 3.8) is 0 Å². The van der Waals surface area contributed by atoms with Crippen LogP contribution in [0.4, 0.5) is 0 Å². The van der Waals surface area contributed by atoms with Crippen molar-refractivity contribution in [1.29, 1.82) is 0 Å². The van der Waals surface area contributed by atoms with Crippen LogP contribution in [0.25, 0.3) is 5.70 Å². The van der Waals surface area contributed by atoms with Crippen molar-refractivity contribution in [2.24, 2.45) is 0 Å². The summed E-state index contributed by atoms with van der Waals surface area (Å²) in [6.07, 6.45) is 0. The zero-order valence-corrected chi connectivity index (χ0v) is 15.1. The molecule has 0 unspecified atom stereocenters. The average molecular weight is 358 g/mol. The number of aryl methyl sites for hydroxylation is 1. The molecule has 0 aliphatic carbocycles. The van der Waals surface area contributed by atoms with Gasteiger partial charge >= 0.3 is 5.97 Å². The molecule has 0 fully saturated rings. The molecule has 6 heteroatoms. The molecule has 2 N–H and O–H groups in total. The van der Waals surface area contributed by atoms with Crippen molar-refractivity contribution in [1.82, 2.24) is 10.6 Å². The van der Waals surface area contributed by atoms with Crippen LogP contribution in [0.3, 0.4) is 0 Å². The van der Waals surface area contributed by atoms with Crippen LogP contribution in [-0.2, 0) is 9.53 Å². The zero-order valence-electron chi connectivity index (χ0n) is 13.5. The van der Waals surface area contributed by atoms with Gasteiger partial charge in [0, 0.05) is 4.88 Å². The molecule has 1 aromatic heterocycles. The number of hydrogen-bond donors (Lipinski definition) is 2. The molecule has 1 aliphatic heterocycles. The summed E-state index contributed by atoms with van der Waals surface area (Å²) in [7, 11) is 0. The summed E-state index contributed by atoms with van der Waals surface area (Å²) >= 11 is 6.98. The quantitative estimate of drug-likeness (QED) is 0.647. The molecule has 124 valence electrons. The van der Waals surface area contributed by atoms with Crippen LogP contribution >= 0.6 is 23.6 Å². The SMILES string of the molecule is CCOC(=O)C1=C(c2ccccc2)NC(=S)N[C@@H]1c1sccc1C. The van der Waals surface area contributed by atoms with Gasteiger partial charge in [-0.2, -0.15) is 0 Å². The van der Waals surface area contributed by atoms with E-state index in [1.54, 1.807) is 18.3 Å². The summed E-state index contributed by atoms with van der Waals surface area (Å²) in [5.41, 5.74) is 3.29. The Morgan fingerprint density at radius 3 is 2.67 bits per heavy atom. The van der Waals surface area contributed by atoms with E-state index in [0.717, 1.165) is 16.0 Å². The topological polar surface area (TPSA) is 50.4 Å². The predicted molar refractivity (Wildman–Crippen MR) is 101 cm³/mol. The lowest BCUT2D eigenvalue weighted by Gasteiger charge is -2.30. The number of carbonyl (C=O) groups excluding carboxylic acids is 1. The molecular formula is C18H18N2O2S2. The van der Waals surface area contributed by atoms with Crippen LogP contribution in [0.5, 0.6) is 0 Å². The van der Waals surface area contributed by atoms with Crippen LogP contribution in [0.2, 0.25) is 0 Å². The molecule has 0 bridgehead atoms. The lowest BCUT2D eigenvalue weighted by Crippen LogP contribution is -2.45. The minimum absolute atomic E-state index is 0.312. The van der Waals surface area contributed by atoms with Crippen molar-refractivity contribution in [2.75, 3.05) is 6.61 Å². The molecule has 1 aliphatic rings. The first kappa shape index (κ1) is 16.7. The molecule has 1 aromatic carbocycles. The van der Waals surface area contributed by atoms with E-state index >= 15 is 0 Å². The van der Waals surface area contributed by atoms with E-state index in [0.29, 0.717) is 23.0 Å². The smallest absolute Gasteiger partial charge is 0.338 e. The molecule has 0 radical (unpaired) electrons. The van der Waals surface area contributed by atoms with E-state index in [1.165, 1.54) is 0 Å². The van der Waals surface area contributed by atoms with E-state index < -0.39 is 0 Å². The molecule has 0 spiro atoms. The Balaban J connectivity index is 2.18. The lowest BCUT2D eigenvalue weighted by atomic mass is 9.95. The second kappa shape index (κ2) is 7.15. The van der Waals surface area contributed by atoms with Gasteiger partial charge < -0.3 is 15.4 Å². The maximum Gasteiger partial charge on any atom is 0.338 e. The fourth-order valence-electron chi connectivity index (χ4n) is 2.70. The summed E-state index contributed by atoms with van der Waals surface area (Å²) in [5, 5.41) is 8.87. The van der Waals surface area contributed by atoms with Crippen LogP contribution < -0.4 is 10.6 Å². The first-order chi connectivity index (χ1) is 11.6. The minimum Gasteiger partial charge on any atom is -0.463 e. The van der Waals surface area contributed by atoms with Crippen LogP contribution in [0.1, 0.15) is 29.0 Å². The van der Waals surface area contributed by atoms with Gasteiger partial charge in [0.05, 0.1) is 23.9 Å². The van der Waals surface area contributed by atoms with E-state index in [9.17, 15) is 4.79 Å². The Morgan fingerprint density at radius 1 is 1.29 bits per heavy atom. The van der Waals surface area contributed by atoms with Crippen LogP contribution in [-0.4, -0.2) is 17.7 Å². The highest BCUT2D eigenvalue weighted by Gasteiger charge is 2.34. The van der Waals surface area contributed by atoms with Gasteiger partial charge in [-0.3, -0.25) is 0 Å². The summed E-state index contributed by atoms with van der Waals surface area (Å²) in [6.45, 7) is 4.16. The van der Waals surface area contributed by atoms with Crippen LogP contribution in [0, 0.1) is 6.92 Å². The van der Waals surface area contributed by atoms with Crippen molar-refractivity contribution in [3.8, 4) is 0 Å². The number of benzene rings is 1. The largest absolute Gasteiger partial charge is 0.463 e. The highest BCUT2D eigenvalue weighted by atomic mass is 32.1. The standard InChI is InChI=1S/C18H18N2O2S2/c1-3-22-17(21)13-14(12-7-5-4-6-8-12)19-18(23)20-15(13)16-11(2)9-10-24-16/h4-10,15H,3H2,1-2H3,(H2,19,20,23)/t15-/m0/s1. The second-order valence-electron chi connectivity index (χ2n) is 5.37. The first-order valence-corrected chi connectivity index (χ1v) is 8.98. The van der Waals surface area contributed by atoms with Gasteiger partial charge in [-0.25, -0.2) is 4.79 Å². The van der Waals surface area contributed by atoms with E-state index in [1.807, 2.05) is 48.7 Å². The molecule has 2 heterocycles. The minimum atomic E-state index is -0.336. The monoisotopic (exact) mass is 358 g/mol. The third-order valence-electron chi connectivity index (χ3n) is 3.79. The van der Waals surface area contributed by atoms with Gasteiger partial charge in [0.15, 0.2) is 5.11 Å². The molecule has 0 saturated carbocycles. The zero-order chi connectivity index (χ0) is 17.1. The predicted octanol–water partition coefficient (Wildman–Crippen LogP) is 3.55. The Bertz CT molecular complexity index is 796. The Kier molecular flexibility index (Phi) is 4.97. The fraction of sp³-hybridized carbons (Fsp3) is 0.222. The normalized spacial score (nSPS) is 17.2. The number of thiophene rings is 1. The number of esters is 1. The number of hydrogen-bond acceptors (Lipinski definition) is 4. The van der Waals surface area contributed by atoms with Gasteiger partial charge in [0.1, 0.15) is 0 Å². The van der Waals surface area contributed by atoms with Gasteiger partial charge in [-0.15, -0.1) is 11.3 Å². The number of ether oxygens (including phenoxy) is 1. The third kappa shape index (κ3) is 3.20. The summed E-state index contributed by atoms with van der Waals surface area (Å²) in [5.74, 6) is -0.336. The molecule has 4 nitrogen and oxygen atoms in total. The Labute approximate surface area is 150 Å². The number of carbonyl (C=O) groups is 1. The molecule has 1 atom stereocenters. The van der Waals surface area contributed by atoms with E-state index in [-0.39, 0.29) is 12.0 Å². The van der Waals surface area contributed by atoms with Crippen molar-refractivity contribution in [3.05, 3.63) is 63.4 Å². The molecule has 2 aromatic rings. The Hall–Kier alpha value is -2.18. The summed E-state index contributed by atoms with van der Waals surface area (Å²) < 4.78 is 5.32. The van der Waals surface area contributed by atoms with Crippen molar-refractivity contribution >= 4 is 40.3 Å². The number of thiocarbonyl (C=S) groups is 1. The Morgan fingerprint density at radius 2 is 2.04 bits per heavy atom. The number of nitrogens with one attached hydrogen (secondary N) is 2. The van der Waals surface area contributed by atoms with E-state index in [4.69, 9.17) is 17.0 Å². The highest BCUT2D eigenvalue weighted by Crippen LogP contribution is 2.35. The van der Waals surface area contributed by atoms with Gasteiger partial charge in [-0.1, -0.05) is 30.3 Å². The molecule has 24 heavy (non-hydrogen) atoms. The molecular weight excluding hydrogens is 340 g/mol. The summed E-state index contributed by atoms with van der Waals surface area (Å²) in [6, 6.07) is 11.4. The lowest BCUT2D eigenvalue weighted by molar-refractivity contribution is -0.138. The van der Waals surface area contributed by atoms with Gasteiger partial charge in [-0.05, 0) is 48.6 Å². The van der Waals surface area contributed by atoms with Gasteiger partial charge in [0.2, 0.25) is 0 Å². The maximum atomic E-state index is 12.7. The maximum absolute atomic E-state index is 12.7. The molecule has 0 amide bonds. The highest BCUT2D eigenvalue weighted by molar-refractivity contribution is 7.80. The fourth-order valence-corrected chi connectivity index (χ4v) is 3.91. The molecule has 3 rings (SSSR count). The average Bonchev–Trinajstić information content (AvgIpc) is 3.01. The molecule has 0 saturated heterocycles. The number of rotatable bonds is 4. The second-order valence-corrected chi connectivity index (χ2v) is 6.73. The van der Waals surface area contributed by atoms with Crippen molar-refractivity contribution < 1.29 is 9.53 Å². The van der Waals surface area contributed by atoms with E-state index in [2.05, 4.69) is 10.6 Å². The first-order valence-electron chi connectivity index (χ1n) is 7.70. The van der Waals surface area contributed by atoms with Crippen LogP contribution in [0.15, 0.2) is 47.4 Å². The third-order valence-corrected chi connectivity index (χ3v) is 5.10.